The van der Waals surface area contributed by atoms with Crippen molar-refractivity contribution in [2.24, 2.45) is 11.5 Å². The van der Waals surface area contributed by atoms with Crippen LogP contribution in [0.25, 0.3) is 0 Å². The minimum Gasteiger partial charge on any atom is -0.431 e. The largest absolute Gasteiger partial charge is 0.431 e. The highest BCUT2D eigenvalue weighted by Crippen LogP contribution is 2.39. The third kappa shape index (κ3) is 2.75. The van der Waals surface area contributed by atoms with Crippen molar-refractivity contribution in [3.63, 3.8) is 0 Å². The number of carbonyl (C=O) groups is 1. The maximum absolute atomic E-state index is 11.6. The lowest BCUT2D eigenvalue weighted by atomic mass is 9.80. The van der Waals surface area contributed by atoms with Gasteiger partial charge in [0.15, 0.2) is 6.29 Å². The molecule has 0 spiro atoms. The molecule has 0 aromatic rings. The lowest BCUT2D eigenvalue weighted by Crippen LogP contribution is -2.82. The number of ether oxygens (including phenoxy) is 4. The Balaban J connectivity index is 1.78. The van der Waals surface area contributed by atoms with Crippen LogP contribution in [0.2, 0.25) is 0 Å². The van der Waals surface area contributed by atoms with E-state index < -0.39 is 80.0 Å². The first kappa shape index (κ1) is 18.8. The summed E-state index contributed by atoms with van der Waals surface area (Å²) in [5.74, 6) is -0.896. The number of esters is 1. The van der Waals surface area contributed by atoms with Crippen molar-refractivity contribution < 1.29 is 49.3 Å². The molecule has 3 aliphatic rings. The molecule has 3 saturated heterocycles. The van der Waals surface area contributed by atoms with Gasteiger partial charge in [0.05, 0.1) is 19.3 Å². The van der Waals surface area contributed by atoms with E-state index in [2.05, 4.69) is 0 Å². The number of hydrogen-bond acceptors (Lipinski definition) is 12. The van der Waals surface area contributed by atoms with Crippen LogP contribution in [0, 0.1) is 0 Å². The van der Waals surface area contributed by atoms with Crippen molar-refractivity contribution >= 4 is 5.97 Å². The Morgan fingerprint density at radius 3 is 2.28 bits per heavy atom. The van der Waals surface area contributed by atoms with E-state index in [0.29, 0.717) is 0 Å². The topological polar surface area (TPSA) is 207 Å². The number of nitrogens with two attached hydrogens (primary N) is 2. The predicted molar refractivity (Wildman–Crippen MR) is 75.4 cm³/mol. The van der Waals surface area contributed by atoms with E-state index >= 15 is 0 Å². The fourth-order valence-electron chi connectivity index (χ4n) is 3.14. The van der Waals surface area contributed by atoms with E-state index in [-0.39, 0.29) is 0 Å². The Bertz CT molecular complexity index is 521. The van der Waals surface area contributed by atoms with Gasteiger partial charge in [-0.2, -0.15) is 0 Å². The summed E-state index contributed by atoms with van der Waals surface area (Å²) < 4.78 is 20.8. The van der Waals surface area contributed by atoms with Crippen molar-refractivity contribution in [3.8, 4) is 0 Å². The number of carbonyl (C=O) groups excluding carboxylic acids is 1. The van der Waals surface area contributed by atoms with Crippen LogP contribution in [-0.2, 0) is 23.7 Å². The summed E-state index contributed by atoms with van der Waals surface area (Å²) in [7, 11) is 0. The first-order valence-corrected chi connectivity index (χ1v) is 7.73. The molecule has 3 aliphatic heterocycles. The van der Waals surface area contributed by atoms with Crippen molar-refractivity contribution in [1.82, 2.24) is 0 Å². The van der Waals surface area contributed by atoms with E-state index in [1.807, 2.05) is 0 Å². The summed E-state index contributed by atoms with van der Waals surface area (Å²) in [5.41, 5.74) is 9.73. The molecule has 0 unspecified atom stereocenters. The van der Waals surface area contributed by atoms with Gasteiger partial charge >= 0.3 is 5.97 Å². The second kappa shape index (κ2) is 6.66. The van der Waals surface area contributed by atoms with Gasteiger partial charge in [0.2, 0.25) is 11.8 Å². The highest BCUT2D eigenvalue weighted by molar-refractivity contribution is 5.88. The Morgan fingerprint density at radius 1 is 1.08 bits per heavy atom. The molecule has 0 aliphatic carbocycles. The van der Waals surface area contributed by atoms with E-state index in [4.69, 9.17) is 30.4 Å². The summed E-state index contributed by atoms with van der Waals surface area (Å²) in [6, 6.07) is -1.23. The van der Waals surface area contributed by atoms with Gasteiger partial charge in [0.25, 0.3) is 0 Å². The minimum absolute atomic E-state index is 0.595. The first-order chi connectivity index (χ1) is 11.7. The highest BCUT2D eigenvalue weighted by Gasteiger charge is 2.68. The molecule has 0 aromatic heterocycles. The molecule has 144 valence electrons. The maximum atomic E-state index is 11.6. The van der Waals surface area contributed by atoms with Crippen LogP contribution < -0.4 is 11.5 Å². The molecule has 0 aromatic carbocycles. The second-order valence-electron chi connectivity index (χ2n) is 6.36. The number of fused-ring (bicyclic) bond motifs is 1. The summed E-state index contributed by atoms with van der Waals surface area (Å²) in [6.45, 7) is -1.21. The molecule has 9 N–H and O–H groups in total. The molecule has 12 heteroatoms. The third-order valence-corrected chi connectivity index (χ3v) is 4.82. The van der Waals surface area contributed by atoms with E-state index in [0.717, 1.165) is 0 Å². The quantitative estimate of drug-likeness (QED) is 0.232. The molecule has 10 atom stereocenters. The molecule has 3 heterocycles. The number of aliphatic hydroxyl groups is 5. The monoisotopic (exact) mass is 366 g/mol. The number of aliphatic hydroxyl groups excluding tert-OH is 5. The fraction of sp³-hybridized carbons (Fsp3) is 0.923. The summed E-state index contributed by atoms with van der Waals surface area (Å²) in [5, 5.41) is 48.8. The standard InChI is InChI=1S/C13H22N2O10/c14-5-7(19)6(18)3(1-16)22-10(5)24-8-4(2-17)23-12-13(15,9(8)20)11(21)25-12/h3-10,12,16-20H,1-2,14-15H2/t3-,4-,5-,6-,7-,8-,9+,10+,12+,13+/m1/s1. The molecule has 25 heavy (non-hydrogen) atoms. The van der Waals surface area contributed by atoms with Gasteiger partial charge in [-0.15, -0.1) is 0 Å². The normalized spacial score (nSPS) is 52.9. The number of rotatable bonds is 4. The zero-order valence-electron chi connectivity index (χ0n) is 13.0. The Hall–Kier alpha value is -0.930. The Labute approximate surface area is 141 Å². The van der Waals surface area contributed by atoms with Crippen molar-refractivity contribution in [3.05, 3.63) is 0 Å². The van der Waals surface area contributed by atoms with Crippen LogP contribution in [0.3, 0.4) is 0 Å². The zero-order chi connectivity index (χ0) is 18.5. The second-order valence-corrected chi connectivity index (χ2v) is 6.36. The van der Waals surface area contributed by atoms with Crippen LogP contribution in [0.1, 0.15) is 0 Å². The highest BCUT2D eigenvalue weighted by atomic mass is 16.8. The van der Waals surface area contributed by atoms with Gasteiger partial charge in [-0.25, -0.2) is 4.79 Å². The first-order valence-electron chi connectivity index (χ1n) is 7.73. The van der Waals surface area contributed by atoms with Crippen LogP contribution >= 0.6 is 0 Å². The van der Waals surface area contributed by atoms with Gasteiger partial charge in [-0.1, -0.05) is 0 Å². The van der Waals surface area contributed by atoms with E-state index in [9.17, 15) is 30.3 Å². The van der Waals surface area contributed by atoms with Crippen LogP contribution in [0.5, 0.6) is 0 Å². The fourth-order valence-corrected chi connectivity index (χ4v) is 3.14. The van der Waals surface area contributed by atoms with Crippen LogP contribution in [0.4, 0.5) is 0 Å². The molecular formula is C13H22N2O10. The molecule has 12 nitrogen and oxygen atoms in total. The smallest absolute Gasteiger partial charge is 0.337 e. The lowest BCUT2D eigenvalue weighted by Gasteiger charge is -2.54. The van der Waals surface area contributed by atoms with Crippen molar-refractivity contribution in [2.45, 2.75) is 60.8 Å². The van der Waals surface area contributed by atoms with Crippen molar-refractivity contribution in [1.29, 1.82) is 0 Å². The maximum Gasteiger partial charge on any atom is 0.337 e. The zero-order valence-corrected chi connectivity index (χ0v) is 13.0. The van der Waals surface area contributed by atoms with Gasteiger partial charge in [-0.3, -0.25) is 0 Å². The Kier molecular flexibility index (Phi) is 5.02. The summed E-state index contributed by atoms with van der Waals surface area (Å²) >= 11 is 0. The van der Waals surface area contributed by atoms with Gasteiger partial charge in [0, 0.05) is 0 Å². The summed E-state index contributed by atoms with van der Waals surface area (Å²) in [6.07, 6.45) is -10.8. The molecular weight excluding hydrogens is 344 g/mol. The Morgan fingerprint density at radius 2 is 1.72 bits per heavy atom. The molecule has 0 radical (unpaired) electrons. The predicted octanol–water partition coefficient (Wildman–Crippen LogP) is -5.53. The molecule has 0 amide bonds. The molecule has 0 bridgehead atoms. The average molecular weight is 366 g/mol. The SMILES string of the molecule is N[C@H]1[C@H](O[C@@H]2[C@@H](CO)O[C@H]3OC(=O)[C@@]3(N)[C@H]2O)O[C@H](CO)[C@@H](O)[C@@H]1O. The van der Waals surface area contributed by atoms with Crippen LogP contribution in [-0.4, -0.2) is 106 Å². The van der Waals surface area contributed by atoms with Gasteiger partial charge in [-0.05, 0) is 0 Å². The lowest BCUT2D eigenvalue weighted by molar-refractivity contribution is -0.357. The summed E-state index contributed by atoms with van der Waals surface area (Å²) in [4.78, 5) is 11.6. The molecule has 3 fully saturated rings. The van der Waals surface area contributed by atoms with E-state index in [1.54, 1.807) is 0 Å². The van der Waals surface area contributed by atoms with Gasteiger partial charge < -0.3 is 55.9 Å². The third-order valence-electron chi connectivity index (χ3n) is 4.82. The van der Waals surface area contributed by atoms with Gasteiger partial charge in [0.1, 0.15) is 36.6 Å². The van der Waals surface area contributed by atoms with Crippen molar-refractivity contribution in [2.75, 3.05) is 13.2 Å². The molecule has 0 saturated carbocycles. The average Bonchev–Trinajstić information content (AvgIpc) is 2.61. The van der Waals surface area contributed by atoms with E-state index in [1.165, 1.54) is 0 Å². The number of hydrogen-bond donors (Lipinski definition) is 7. The molecule has 3 rings (SSSR count). The minimum atomic E-state index is -1.87. The van der Waals surface area contributed by atoms with Crippen LogP contribution in [0.15, 0.2) is 0 Å².